The highest BCUT2D eigenvalue weighted by atomic mass is 32.1. The molecule has 1 N–H and O–H groups in total. The number of hydrogen-bond donors (Lipinski definition) is 1. The summed E-state index contributed by atoms with van der Waals surface area (Å²) in [5.74, 6) is -0.989. The van der Waals surface area contributed by atoms with Crippen molar-refractivity contribution in [1.82, 2.24) is 0 Å². The van der Waals surface area contributed by atoms with E-state index in [0.29, 0.717) is 29.2 Å². The summed E-state index contributed by atoms with van der Waals surface area (Å²) < 4.78 is 39.5. The molecule has 0 unspecified atom stereocenters. The van der Waals surface area contributed by atoms with Gasteiger partial charge in [-0.1, -0.05) is 24.3 Å². The lowest BCUT2D eigenvalue weighted by molar-refractivity contribution is -0.137. The van der Waals surface area contributed by atoms with Gasteiger partial charge in [0.1, 0.15) is 0 Å². The molecule has 0 saturated carbocycles. The number of rotatable bonds is 3. The largest absolute Gasteiger partial charge is 0.417 e. The molecule has 0 atom stereocenters. The molecule has 0 saturated heterocycles. The van der Waals surface area contributed by atoms with E-state index < -0.39 is 23.2 Å². The van der Waals surface area contributed by atoms with Crippen LogP contribution in [0, 0.1) is 0 Å². The Kier molecular flexibility index (Phi) is 4.87. The zero-order chi connectivity index (χ0) is 20.6. The number of carbonyl (C=O) groups is 2. The lowest BCUT2D eigenvalue weighted by atomic mass is 10.1. The molecule has 29 heavy (non-hydrogen) atoms. The maximum absolute atomic E-state index is 13.2. The molecule has 2 heterocycles. The van der Waals surface area contributed by atoms with E-state index in [-0.39, 0.29) is 5.91 Å². The fourth-order valence-electron chi connectivity index (χ4n) is 3.33. The van der Waals surface area contributed by atoms with Gasteiger partial charge in [0.15, 0.2) is 0 Å². The Balaban J connectivity index is 1.60. The quantitative estimate of drug-likeness (QED) is 0.636. The normalized spacial score (nSPS) is 13.3. The standard InChI is InChI=1S/C21H15F3N2O2S/c22-21(23,24)16-5-2-1-4-15(16)19(27)25-14-8-7-13-9-10-26(17(13)12-14)20(28)18-6-3-11-29-18/h1-8,11-12H,9-10H2,(H,25,27). The topological polar surface area (TPSA) is 49.4 Å². The lowest BCUT2D eigenvalue weighted by Gasteiger charge is -2.18. The second-order valence-corrected chi connectivity index (χ2v) is 7.47. The molecule has 0 spiro atoms. The van der Waals surface area contributed by atoms with Gasteiger partial charge in [0, 0.05) is 17.9 Å². The van der Waals surface area contributed by atoms with Crippen LogP contribution in [0.15, 0.2) is 60.0 Å². The van der Waals surface area contributed by atoms with Crippen LogP contribution in [-0.2, 0) is 12.6 Å². The first-order valence-electron chi connectivity index (χ1n) is 8.80. The SMILES string of the molecule is O=C(Nc1ccc2c(c1)N(C(=O)c1cccs1)CC2)c1ccccc1C(F)(F)F. The van der Waals surface area contributed by atoms with Crippen molar-refractivity contribution in [3.63, 3.8) is 0 Å². The third-order valence-corrected chi connectivity index (χ3v) is 5.55. The van der Waals surface area contributed by atoms with E-state index in [1.54, 1.807) is 35.2 Å². The summed E-state index contributed by atoms with van der Waals surface area (Å²) in [6.07, 6.45) is -3.95. The first-order valence-corrected chi connectivity index (χ1v) is 9.68. The number of hydrogen-bond acceptors (Lipinski definition) is 3. The predicted molar refractivity (Wildman–Crippen MR) is 106 cm³/mol. The van der Waals surface area contributed by atoms with Crippen LogP contribution >= 0.6 is 11.3 Å². The maximum atomic E-state index is 13.2. The number of thiophene rings is 1. The van der Waals surface area contributed by atoms with Crippen LogP contribution in [0.1, 0.15) is 31.2 Å². The van der Waals surface area contributed by atoms with Crippen molar-refractivity contribution in [3.8, 4) is 0 Å². The van der Waals surface area contributed by atoms with Gasteiger partial charge in [-0.05, 0) is 47.7 Å². The number of anilines is 2. The number of benzene rings is 2. The van der Waals surface area contributed by atoms with Gasteiger partial charge in [-0.2, -0.15) is 13.2 Å². The van der Waals surface area contributed by atoms with Gasteiger partial charge in [-0.15, -0.1) is 11.3 Å². The molecule has 0 fully saturated rings. The molecule has 2 amide bonds. The van der Waals surface area contributed by atoms with Gasteiger partial charge in [0.2, 0.25) is 0 Å². The molecule has 1 aliphatic rings. The summed E-state index contributed by atoms with van der Waals surface area (Å²) in [4.78, 5) is 27.4. The fourth-order valence-corrected chi connectivity index (χ4v) is 4.00. The number of fused-ring (bicyclic) bond motifs is 1. The van der Waals surface area contributed by atoms with Crippen molar-refractivity contribution in [1.29, 1.82) is 0 Å². The Morgan fingerprint density at radius 2 is 1.83 bits per heavy atom. The number of alkyl halides is 3. The van der Waals surface area contributed by atoms with Gasteiger partial charge in [-0.3, -0.25) is 9.59 Å². The predicted octanol–water partition coefficient (Wildman–Crippen LogP) is 5.22. The van der Waals surface area contributed by atoms with E-state index >= 15 is 0 Å². The molecule has 1 aliphatic heterocycles. The van der Waals surface area contributed by atoms with E-state index in [0.717, 1.165) is 17.7 Å². The van der Waals surface area contributed by atoms with Crippen LogP contribution in [0.2, 0.25) is 0 Å². The highest BCUT2D eigenvalue weighted by molar-refractivity contribution is 7.12. The number of nitrogens with zero attached hydrogens (tertiary/aromatic N) is 1. The average Bonchev–Trinajstić information content (AvgIpc) is 3.36. The van der Waals surface area contributed by atoms with Gasteiger partial charge < -0.3 is 10.2 Å². The van der Waals surface area contributed by atoms with Crippen LogP contribution in [0.5, 0.6) is 0 Å². The molecular weight excluding hydrogens is 401 g/mol. The van der Waals surface area contributed by atoms with Gasteiger partial charge >= 0.3 is 6.18 Å². The summed E-state index contributed by atoms with van der Waals surface area (Å²) in [6.45, 7) is 0.514. The van der Waals surface area contributed by atoms with Crippen LogP contribution in [0.25, 0.3) is 0 Å². The van der Waals surface area contributed by atoms with E-state index in [1.165, 1.54) is 23.5 Å². The van der Waals surface area contributed by atoms with E-state index in [9.17, 15) is 22.8 Å². The van der Waals surface area contributed by atoms with Crippen LogP contribution in [-0.4, -0.2) is 18.4 Å². The minimum Gasteiger partial charge on any atom is -0.322 e. The monoisotopic (exact) mass is 416 g/mol. The van der Waals surface area contributed by atoms with Crippen LogP contribution in [0.3, 0.4) is 0 Å². The van der Waals surface area contributed by atoms with Crippen molar-refractivity contribution in [3.05, 3.63) is 81.5 Å². The van der Waals surface area contributed by atoms with Gasteiger partial charge in [-0.25, -0.2) is 0 Å². The summed E-state index contributed by atoms with van der Waals surface area (Å²) in [5, 5.41) is 4.34. The number of amides is 2. The molecule has 0 radical (unpaired) electrons. The zero-order valence-corrected chi connectivity index (χ0v) is 15.8. The molecule has 0 bridgehead atoms. The van der Waals surface area contributed by atoms with Crippen molar-refractivity contribution >= 4 is 34.5 Å². The molecular formula is C21H15F3N2O2S. The zero-order valence-electron chi connectivity index (χ0n) is 15.0. The minimum absolute atomic E-state index is 0.135. The fraction of sp³-hybridized carbons (Fsp3) is 0.143. The van der Waals surface area contributed by atoms with E-state index in [1.807, 2.05) is 5.38 Å². The molecule has 2 aromatic carbocycles. The minimum atomic E-state index is -4.63. The summed E-state index contributed by atoms with van der Waals surface area (Å²) >= 11 is 1.34. The van der Waals surface area contributed by atoms with E-state index in [4.69, 9.17) is 0 Å². The second kappa shape index (κ2) is 7.36. The second-order valence-electron chi connectivity index (χ2n) is 6.53. The maximum Gasteiger partial charge on any atom is 0.417 e. The Hall–Kier alpha value is -3.13. The third-order valence-electron chi connectivity index (χ3n) is 4.69. The molecule has 8 heteroatoms. The van der Waals surface area contributed by atoms with Gasteiger partial charge in [0.05, 0.1) is 16.0 Å². The molecule has 0 aliphatic carbocycles. The lowest BCUT2D eigenvalue weighted by Crippen LogP contribution is -2.28. The molecule has 3 aromatic rings. The van der Waals surface area contributed by atoms with Crippen molar-refractivity contribution in [2.75, 3.05) is 16.8 Å². The van der Waals surface area contributed by atoms with Crippen LogP contribution in [0.4, 0.5) is 24.5 Å². The third kappa shape index (κ3) is 3.75. The van der Waals surface area contributed by atoms with Crippen molar-refractivity contribution in [2.45, 2.75) is 12.6 Å². The Bertz CT molecular complexity index is 1080. The van der Waals surface area contributed by atoms with Crippen molar-refractivity contribution < 1.29 is 22.8 Å². The smallest absolute Gasteiger partial charge is 0.322 e. The summed E-state index contributed by atoms with van der Waals surface area (Å²) in [6, 6.07) is 13.2. The number of halogens is 3. The molecule has 148 valence electrons. The van der Waals surface area contributed by atoms with Crippen LogP contribution < -0.4 is 10.2 Å². The molecule has 4 rings (SSSR count). The number of nitrogens with one attached hydrogen (secondary N) is 1. The number of carbonyl (C=O) groups excluding carboxylic acids is 2. The first kappa shape index (κ1) is 19.2. The summed E-state index contributed by atoms with van der Waals surface area (Å²) in [5.41, 5.74) is 0.491. The van der Waals surface area contributed by atoms with Gasteiger partial charge in [0.25, 0.3) is 11.8 Å². The highest BCUT2D eigenvalue weighted by Crippen LogP contribution is 2.34. The van der Waals surface area contributed by atoms with Crippen molar-refractivity contribution in [2.24, 2.45) is 0 Å². The molecule has 4 nitrogen and oxygen atoms in total. The Labute approximate surface area is 168 Å². The highest BCUT2D eigenvalue weighted by Gasteiger charge is 2.35. The summed E-state index contributed by atoms with van der Waals surface area (Å²) in [7, 11) is 0. The first-order chi connectivity index (χ1) is 13.8. The van der Waals surface area contributed by atoms with E-state index in [2.05, 4.69) is 5.32 Å². The Morgan fingerprint density at radius 3 is 2.55 bits per heavy atom. The Morgan fingerprint density at radius 1 is 1.03 bits per heavy atom. The molecule has 1 aromatic heterocycles. The average molecular weight is 416 g/mol.